The number of benzene rings is 2. The Bertz CT molecular complexity index is 1040. The predicted molar refractivity (Wildman–Crippen MR) is 106 cm³/mol. The SMILES string of the molecule is C[C@@H]1Cc2ccccc2N1C(=O)[C@@H](C)OC(=O)c1cc2c(cc1[N+](=O)[O-])OCCO2. The average molecular weight is 412 g/mol. The minimum absolute atomic E-state index is 0.0836. The standard InChI is InChI=1S/C21H20N2O7/c1-12-9-14-5-3-4-6-16(14)22(12)20(24)13(2)30-21(25)15-10-18-19(29-8-7-28-18)11-17(15)23(26)27/h3-6,10-13H,7-9H2,1-2H3/t12-,13-/m1/s1. The summed E-state index contributed by atoms with van der Waals surface area (Å²) in [5.74, 6) is -0.948. The van der Waals surface area contributed by atoms with Crippen molar-refractivity contribution in [2.45, 2.75) is 32.4 Å². The number of carbonyl (C=O) groups excluding carboxylic acids is 2. The van der Waals surface area contributed by atoms with Crippen molar-refractivity contribution in [1.82, 2.24) is 0 Å². The first-order valence-electron chi connectivity index (χ1n) is 9.57. The van der Waals surface area contributed by atoms with Crippen molar-refractivity contribution in [3.8, 4) is 11.5 Å². The maximum atomic E-state index is 13.0. The Morgan fingerprint density at radius 1 is 1.20 bits per heavy atom. The molecule has 2 aromatic carbocycles. The smallest absolute Gasteiger partial charge is 0.346 e. The molecule has 2 heterocycles. The zero-order valence-electron chi connectivity index (χ0n) is 16.5. The summed E-state index contributed by atoms with van der Waals surface area (Å²) in [5, 5.41) is 11.4. The van der Waals surface area contributed by atoms with E-state index in [9.17, 15) is 19.7 Å². The third-order valence-electron chi connectivity index (χ3n) is 5.15. The molecule has 4 rings (SSSR count). The minimum atomic E-state index is -1.13. The topological polar surface area (TPSA) is 108 Å². The third-order valence-corrected chi connectivity index (χ3v) is 5.15. The second-order valence-corrected chi connectivity index (χ2v) is 7.21. The molecule has 0 saturated carbocycles. The highest BCUT2D eigenvalue weighted by atomic mass is 16.6. The zero-order valence-corrected chi connectivity index (χ0v) is 16.5. The van der Waals surface area contributed by atoms with E-state index in [0.29, 0.717) is 6.42 Å². The van der Waals surface area contributed by atoms with Crippen LogP contribution in [0, 0.1) is 10.1 Å². The monoisotopic (exact) mass is 412 g/mol. The van der Waals surface area contributed by atoms with Crippen molar-refractivity contribution < 1.29 is 28.7 Å². The number of hydrogen-bond acceptors (Lipinski definition) is 7. The Balaban J connectivity index is 1.57. The molecular formula is C21H20N2O7. The van der Waals surface area contributed by atoms with Crippen LogP contribution in [0.2, 0.25) is 0 Å². The van der Waals surface area contributed by atoms with Gasteiger partial charge in [0.25, 0.3) is 11.6 Å². The summed E-state index contributed by atoms with van der Waals surface area (Å²) < 4.78 is 16.1. The highest BCUT2D eigenvalue weighted by Gasteiger charge is 2.36. The lowest BCUT2D eigenvalue weighted by Gasteiger charge is -2.26. The minimum Gasteiger partial charge on any atom is -0.486 e. The first-order valence-corrected chi connectivity index (χ1v) is 9.57. The van der Waals surface area contributed by atoms with Crippen LogP contribution in [-0.4, -0.2) is 42.2 Å². The molecule has 0 fully saturated rings. The van der Waals surface area contributed by atoms with Gasteiger partial charge in [0.15, 0.2) is 17.6 Å². The van der Waals surface area contributed by atoms with Crippen molar-refractivity contribution >= 4 is 23.3 Å². The molecule has 0 aliphatic carbocycles. The van der Waals surface area contributed by atoms with Crippen LogP contribution >= 0.6 is 0 Å². The molecule has 156 valence electrons. The van der Waals surface area contributed by atoms with Crippen LogP contribution in [0.25, 0.3) is 0 Å². The van der Waals surface area contributed by atoms with Gasteiger partial charge in [-0.2, -0.15) is 0 Å². The number of carbonyl (C=O) groups is 2. The molecule has 2 aromatic rings. The van der Waals surface area contributed by atoms with Crippen molar-refractivity contribution in [2.75, 3.05) is 18.1 Å². The van der Waals surface area contributed by atoms with Gasteiger partial charge in [-0.1, -0.05) is 18.2 Å². The average Bonchev–Trinajstić information content (AvgIpc) is 3.07. The lowest BCUT2D eigenvalue weighted by atomic mass is 10.1. The summed E-state index contributed by atoms with van der Waals surface area (Å²) in [7, 11) is 0. The van der Waals surface area contributed by atoms with Gasteiger partial charge in [-0.25, -0.2) is 4.79 Å². The molecule has 9 nitrogen and oxygen atoms in total. The molecule has 0 radical (unpaired) electrons. The van der Waals surface area contributed by atoms with Crippen LogP contribution in [0.15, 0.2) is 36.4 Å². The van der Waals surface area contributed by atoms with Crippen molar-refractivity contribution in [2.24, 2.45) is 0 Å². The Morgan fingerprint density at radius 2 is 1.87 bits per heavy atom. The summed E-state index contributed by atoms with van der Waals surface area (Å²) >= 11 is 0. The van der Waals surface area contributed by atoms with Gasteiger partial charge < -0.3 is 19.1 Å². The van der Waals surface area contributed by atoms with Gasteiger partial charge in [0.2, 0.25) is 0 Å². The van der Waals surface area contributed by atoms with Gasteiger partial charge in [0.05, 0.1) is 11.0 Å². The quantitative estimate of drug-likeness (QED) is 0.432. The molecule has 9 heteroatoms. The van der Waals surface area contributed by atoms with E-state index in [4.69, 9.17) is 14.2 Å². The molecule has 2 atom stereocenters. The molecule has 0 bridgehead atoms. The number of para-hydroxylation sites is 1. The van der Waals surface area contributed by atoms with Crippen LogP contribution in [0.5, 0.6) is 11.5 Å². The van der Waals surface area contributed by atoms with Crippen molar-refractivity contribution in [3.63, 3.8) is 0 Å². The van der Waals surface area contributed by atoms with E-state index in [0.717, 1.165) is 17.3 Å². The summed E-state index contributed by atoms with van der Waals surface area (Å²) in [4.78, 5) is 38.1. The molecule has 1 amide bonds. The van der Waals surface area contributed by atoms with E-state index in [1.807, 2.05) is 31.2 Å². The first-order chi connectivity index (χ1) is 14.4. The molecular weight excluding hydrogens is 392 g/mol. The molecule has 2 aliphatic rings. The van der Waals surface area contributed by atoms with Gasteiger partial charge in [0, 0.05) is 17.8 Å². The molecule has 0 saturated heterocycles. The predicted octanol–water partition coefficient (Wildman–Crippen LogP) is 2.89. The number of nitrogens with zero attached hydrogens (tertiary/aromatic N) is 2. The van der Waals surface area contributed by atoms with Gasteiger partial charge in [-0.15, -0.1) is 0 Å². The van der Waals surface area contributed by atoms with Gasteiger partial charge in [0.1, 0.15) is 18.8 Å². The second-order valence-electron chi connectivity index (χ2n) is 7.21. The first kappa shape index (κ1) is 19.7. The number of ether oxygens (including phenoxy) is 3. The van der Waals surface area contributed by atoms with E-state index in [-0.39, 0.29) is 42.2 Å². The Kier molecular flexibility index (Phi) is 5.03. The number of nitro benzene ring substituents is 1. The maximum absolute atomic E-state index is 13.0. The van der Waals surface area contributed by atoms with Gasteiger partial charge >= 0.3 is 5.97 Å². The largest absolute Gasteiger partial charge is 0.486 e. The number of rotatable bonds is 4. The maximum Gasteiger partial charge on any atom is 0.346 e. The fourth-order valence-corrected chi connectivity index (χ4v) is 3.76. The summed E-state index contributed by atoms with van der Waals surface area (Å²) in [5.41, 5.74) is 1.06. The molecule has 0 aromatic heterocycles. The Labute approximate surface area is 172 Å². The second kappa shape index (κ2) is 7.66. The fraction of sp³-hybridized carbons (Fsp3) is 0.333. The molecule has 0 spiro atoms. The van der Waals surface area contributed by atoms with Crippen LogP contribution in [0.4, 0.5) is 11.4 Å². The number of nitro groups is 1. The number of esters is 1. The van der Waals surface area contributed by atoms with Crippen LogP contribution in [0.1, 0.15) is 29.8 Å². The Morgan fingerprint density at radius 3 is 2.57 bits per heavy atom. The zero-order chi connectivity index (χ0) is 21.4. The highest BCUT2D eigenvalue weighted by Crippen LogP contribution is 2.37. The Hall–Kier alpha value is -3.62. The number of fused-ring (bicyclic) bond motifs is 2. The fourth-order valence-electron chi connectivity index (χ4n) is 3.76. The normalized spacial score (nSPS) is 17.8. The summed E-state index contributed by atoms with van der Waals surface area (Å²) in [6.07, 6.45) is -0.421. The third kappa shape index (κ3) is 3.42. The molecule has 30 heavy (non-hydrogen) atoms. The van der Waals surface area contributed by atoms with E-state index < -0.39 is 22.7 Å². The highest BCUT2D eigenvalue weighted by molar-refractivity contribution is 6.02. The van der Waals surface area contributed by atoms with E-state index in [1.165, 1.54) is 13.0 Å². The number of anilines is 1. The van der Waals surface area contributed by atoms with E-state index in [1.54, 1.807) is 4.90 Å². The van der Waals surface area contributed by atoms with Gasteiger partial charge in [-0.05, 0) is 31.9 Å². The van der Waals surface area contributed by atoms with Crippen LogP contribution < -0.4 is 14.4 Å². The lowest BCUT2D eigenvalue weighted by Crippen LogP contribution is -2.43. The van der Waals surface area contributed by atoms with Crippen LogP contribution in [0.3, 0.4) is 0 Å². The summed E-state index contributed by atoms with van der Waals surface area (Å²) in [6, 6.07) is 9.82. The molecule has 0 N–H and O–H groups in total. The number of amides is 1. The lowest BCUT2D eigenvalue weighted by molar-refractivity contribution is -0.385. The van der Waals surface area contributed by atoms with Crippen molar-refractivity contribution in [3.05, 3.63) is 57.6 Å². The van der Waals surface area contributed by atoms with Crippen molar-refractivity contribution in [1.29, 1.82) is 0 Å². The van der Waals surface area contributed by atoms with E-state index in [2.05, 4.69) is 0 Å². The number of hydrogen-bond donors (Lipinski definition) is 0. The van der Waals surface area contributed by atoms with Crippen LogP contribution in [-0.2, 0) is 16.0 Å². The molecule has 0 unspecified atom stereocenters. The molecule has 2 aliphatic heterocycles. The van der Waals surface area contributed by atoms with E-state index >= 15 is 0 Å². The van der Waals surface area contributed by atoms with Gasteiger partial charge in [-0.3, -0.25) is 14.9 Å². The summed E-state index contributed by atoms with van der Waals surface area (Å²) in [6.45, 7) is 3.89.